The van der Waals surface area contributed by atoms with Crippen LogP contribution in [0.2, 0.25) is 0 Å². The number of aromatic nitrogens is 1. The fourth-order valence-corrected chi connectivity index (χ4v) is 3.02. The van der Waals surface area contributed by atoms with Gasteiger partial charge in [0, 0.05) is 17.9 Å². The summed E-state index contributed by atoms with van der Waals surface area (Å²) in [6.45, 7) is 6.65. The number of benzene rings is 2. The number of amides is 2. The van der Waals surface area contributed by atoms with Crippen molar-refractivity contribution < 1.29 is 9.59 Å². The van der Waals surface area contributed by atoms with Crippen LogP contribution in [0.4, 0.5) is 11.4 Å². The van der Waals surface area contributed by atoms with Gasteiger partial charge in [-0.15, -0.1) is 0 Å². The summed E-state index contributed by atoms with van der Waals surface area (Å²) in [6.07, 6.45) is 0. The molecular weight excluding hydrogens is 362 g/mol. The third-order valence-electron chi connectivity index (χ3n) is 4.67. The fraction of sp³-hybridized carbons (Fsp3) is 0.208. The van der Waals surface area contributed by atoms with Crippen LogP contribution in [0.5, 0.6) is 0 Å². The molecule has 1 heterocycles. The second-order valence-electron chi connectivity index (χ2n) is 7.02. The first kappa shape index (κ1) is 20.3. The summed E-state index contributed by atoms with van der Waals surface area (Å²) in [5.41, 5.74) is 3.12. The minimum atomic E-state index is -0.347. The van der Waals surface area contributed by atoms with Crippen molar-refractivity contribution in [3.05, 3.63) is 89.7 Å². The number of nitrogens with zero attached hydrogens (tertiary/aromatic N) is 2. The number of carbonyl (C=O) groups excluding carboxylic acids is 2. The summed E-state index contributed by atoms with van der Waals surface area (Å²) in [5, 5.41) is 2.84. The van der Waals surface area contributed by atoms with Gasteiger partial charge in [0.25, 0.3) is 11.8 Å². The molecule has 0 saturated heterocycles. The van der Waals surface area contributed by atoms with Gasteiger partial charge in [-0.05, 0) is 54.8 Å². The zero-order valence-electron chi connectivity index (χ0n) is 16.9. The maximum Gasteiger partial charge on any atom is 0.276 e. The minimum absolute atomic E-state index is 0.202. The largest absolute Gasteiger partial charge is 0.321 e. The Morgan fingerprint density at radius 2 is 1.55 bits per heavy atom. The number of hydrogen-bond donors (Lipinski definition) is 1. The van der Waals surface area contributed by atoms with Crippen molar-refractivity contribution in [2.45, 2.75) is 26.7 Å². The third kappa shape index (κ3) is 4.88. The summed E-state index contributed by atoms with van der Waals surface area (Å²) in [7, 11) is 0. The van der Waals surface area contributed by atoms with E-state index in [0.29, 0.717) is 18.2 Å². The van der Waals surface area contributed by atoms with Crippen molar-refractivity contribution in [1.29, 1.82) is 0 Å². The Kier molecular flexibility index (Phi) is 6.39. The Morgan fingerprint density at radius 3 is 2.17 bits per heavy atom. The summed E-state index contributed by atoms with van der Waals surface area (Å²) in [6, 6.07) is 22.0. The molecule has 0 atom stereocenters. The second kappa shape index (κ2) is 9.15. The van der Waals surface area contributed by atoms with Crippen molar-refractivity contribution in [1.82, 2.24) is 4.98 Å². The Bertz CT molecular complexity index is 983. The predicted molar refractivity (Wildman–Crippen MR) is 117 cm³/mol. The average molecular weight is 387 g/mol. The van der Waals surface area contributed by atoms with Crippen LogP contribution in [0.3, 0.4) is 0 Å². The Balaban J connectivity index is 1.77. The van der Waals surface area contributed by atoms with Gasteiger partial charge < -0.3 is 10.2 Å². The van der Waals surface area contributed by atoms with Crippen molar-refractivity contribution in [2.75, 3.05) is 16.8 Å². The first-order valence-electron chi connectivity index (χ1n) is 9.75. The smallest absolute Gasteiger partial charge is 0.276 e. The molecule has 3 rings (SSSR count). The van der Waals surface area contributed by atoms with E-state index in [-0.39, 0.29) is 23.2 Å². The van der Waals surface area contributed by atoms with E-state index in [1.54, 1.807) is 23.1 Å². The summed E-state index contributed by atoms with van der Waals surface area (Å²) < 4.78 is 0. The highest BCUT2D eigenvalue weighted by atomic mass is 16.2. The van der Waals surface area contributed by atoms with Crippen molar-refractivity contribution in [3.8, 4) is 0 Å². The molecular formula is C24H25N3O2. The van der Waals surface area contributed by atoms with Gasteiger partial charge in [0.15, 0.2) is 0 Å². The number of para-hydroxylation sites is 1. The van der Waals surface area contributed by atoms with Crippen LogP contribution >= 0.6 is 0 Å². The molecule has 148 valence electrons. The van der Waals surface area contributed by atoms with Gasteiger partial charge in [0.2, 0.25) is 0 Å². The monoisotopic (exact) mass is 387 g/mol. The van der Waals surface area contributed by atoms with E-state index in [9.17, 15) is 9.59 Å². The van der Waals surface area contributed by atoms with Gasteiger partial charge >= 0.3 is 0 Å². The number of anilines is 2. The number of nitrogens with one attached hydrogen (secondary N) is 1. The van der Waals surface area contributed by atoms with Crippen LogP contribution in [0.15, 0.2) is 72.8 Å². The first-order valence-corrected chi connectivity index (χ1v) is 9.75. The SMILES string of the molecule is CCN(C(=O)c1cccc(C(=O)Nc2ccc(C(C)C)cc2)n1)c1ccccc1. The molecule has 0 aliphatic carbocycles. The van der Waals surface area contributed by atoms with Gasteiger partial charge in [-0.3, -0.25) is 9.59 Å². The molecule has 3 aromatic rings. The van der Waals surface area contributed by atoms with E-state index in [1.165, 1.54) is 5.56 Å². The van der Waals surface area contributed by atoms with Gasteiger partial charge in [0.1, 0.15) is 11.4 Å². The second-order valence-corrected chi connectivity index (χ2v) is 7.02. The molecule has 0 radical (unpaired) electrons. The summed E-state index contributed by atoms with van der Waals surface area (Å²) >= 11 is 0. The molecule has 2 amide bonds. The van der Waals surface area contributed by atoms with E-state index < -0.39 is 0 Å². The molecule has 5 nitrogen and oxygen atoms in total. The zero-order valence-corrected chi connectivity index (χ0v) is 16.9. The molecule has 0 fully saturated rings. The maximum absolute atomic E-state index is 12.9. The lowest BCUT2D eigenvalue weighted by molar-refractivity contribution is 0.0983. The van der Waals surface area contributed by atoms with Gasteiger partial charge in [0.05, 0.1) is 0 Å². The summed E-state index contributed by atoms with van der Waals surface area (Å²) in [5.74, 6) is -0.162. The van der Waals surface area contributed by atoms with E-state index in [1.807, 2.05) is 61.5 Å². The topological polar surface area (TPSA) is 62.3 Å². The highest BCUT2D eigenvalue weighted by molar-refractivity contribution is 6.07. The van der Waals surface area contributed by atoms with Crippen molar-refractivity contribution >= 4 is 23.2 Å². The molecule has 0 aliphatic rings. The molecule has 1 N–H and O–H groups in total. The van der Waals surface area contributed by atoms with Crippen LogP contribution in [0.25, 0.3) is 0 Å². The Labute approximate surface area is 171 Å². The van der Waals surface area contributed by atoms with Gasteiger partial charge in [-0.25, -0.2) is 4.98 Å². The highest BCUT2D eigenvalue weighted by Crippen LogP contribution is 2.18. The van der Waals surface area contributed by atoms with Crippen LogP contribution in [-0.4, -0.2) is 23.3 Å². The normalized spacial score (nSPS) is 10.6. The molecule has 1 aromatic heterocycles. The van der Waals surface area contributed by atoms with E-state index in [0.717, 1.165) is 5.69 Å². The lowest BCUT2D eigenvalue weighted by Crippen LogP contribution is -2.31. The van der Waals surface area contributed by atoms with Crippen molar-refractivity contribution in [3.63, 3.8) is 0 Å². The molecule has 29 heavy (non-hydrogen) atoms. The Morgan fingerprint density at radius 1 is 0.897 bits per heavy atom. The molecule has 0 saturated carbocycles. The van der Waals surface area contributed by atoms with Crippen LogP contribution in [0, 0.1) is 0 Å². The molecule has 0 spiro atoms. The lowest BCUT2D eigenvalue weighted by atomic mass is 10.0. The highest BCUT2D eigenvalue weighted by Gasteiger charge is 2.19. The van der Waals surface area contributed by atoms with Crippen LogP contribution < -0.4 is 10.2 Å². The first-order chi connectivity index (χ1) is 14.0. The molecule has 2 aromatic carbocycles. The quantitative estimate of drug-likeness (QED) is 0.638. The fourth-order valence-electron chi connectivity index (χ4n) is 3.02. The van der Waals surface area contributed by atoms with Gasteiger partial charge in [-0.1, -0.05) is 50.2 Å². The third-order valence-corrected chi connectivity index (χ3v) is 4.67. The maximum atomic E-state index is 12.9. The molecule has 5 heteroatoms. The van der Waals surface area contributed by atoms with Crippen LogP contribution in [-0.2, 0) is 0 Å². The van der Waals surface area contributed by atoms with E-state index >= 15 is 0 Å². The molecule has 0 unspecified atom stereocenters. The van der Waals surface area contributed by atoms with E-state index in [2.05, 4.69) is 24.1 Å². The number of pyridine rings is 1. The van der Waals surface area contributed by atoms with Gasteiger partial charge in [-0.2, -0.15) is 0 Å². The lowest BCUT2D eigenvalue weighted by Gasteiger charge is -2.20. The zero-order chi connectivity index (χ0) is 20.8. The average Bonchev–Trinajstić information content (AvgIpc) is 2.75. The number of rotatable bonds is 6. The number of carbonyl (C=O) groups is 2. The minimum Gasteiger partial charge on any atom is -0.321 e. The van der Waals surface area contributed by atoms with Crippen LogP contribution in [0.1, 0.15) is 53.2 Å². The van der Waals surface area contributed by atoms with Crippen molar-refractivity contribution in [2.24, 2.45) is 0 Å². The standard InChI is InChI=1S/C24H25N3O2/c1-4-27(20-9-6-5-7-10-20)24(29)22-12-8-11-21(26-22)23(28)25-19-15-13-18(14-16-19)17(2)3/h5-17H,4H2,1-3H3,(H,25,28). The molecule has 0 bridgehead atoms. The summed E-state index contributed by atoms with van der Waals surface area (Å²) in [4.78, 5) is 31.5. The predicted octanol–water partition coefficient (Wildman–Crippen LogP) is 5.12. The van der Waals surface area contributed by atoms with E-state index in [4.69, 9.17) is 0 Å². The Hall–Kier alpha value is -3.47. The number of hydrogen-bond acceptors (Lipinski definition) is 3. The molecule has 0 aliphatic heterocycles.